The van der Waals surface area contributed by atoms with Gasteiger partial charge in [-0.2, -0.15) is 5.10 Å². The summed E-state index contributed by atoms with van der Waals surface area (Å²) in [5, 5.41) is 12.7. The lowest BCUT2D eigenvalue weighted by atomic mass is 10.1. The number of hydrogen-bond donors (Lipinski definition) is 2. The van der Waals surface area contributed by atoms with Gasteiger partial charge in [-0.3, -0.25) is 9.59 Å². The predicted molar refractivity (Wildman–Crippen MR) is 57.2 cm³/mol. The van der Waals surface area contributed by atoms with E-state index in [-0.39, 0.29) is 30.4 Å². The van der Waals surface area contributed by atoms with Gasteiger partial charge in [0.15, 0.2) is 0 Å². The number of hydrogen-bond acceptors (Lipinski definition) is 4. The largest absolute Gasteiger partial charge is 0.480 e. The molecule has 0 radical (unpaired) electrons. The molecule has 2 N–H and O–H groups in total. The van der Waals surface area contributed by atoms with Crippen molar-refractivity contribution in [1.82, 2.24) is 10.3 Å². The van der Waals surface area contributed by atoms with Gasteiger partial charge < -0.3 is 10.0 Å². The van der Waals surface area contributed by atoms with Crippen molar-refractivity contribution in [2.75, 3.05) is 6.54 Å². The van der Waals surface area contributed by atoms with Crippen LogP contribution in [0.3, 0.4) is 0 Å². The van der Waals surface area contributed by atoms with Gasteiger partial charge in [0.05, 0.1) is 0 Å². The van der Waals surface area contributed by atoms with Crippen LogP contribution in [0.25, 0.3) is 0 Å². The second-order valence-corrected chi connectivity index (χ2v) is 4.09. The summed E-state index contributed by atoms with van der Waals surface area (Å²) < 4.78 is 0. The van der Waals surface area contributed by atoms with E-state index in [2.05, 4.69) is 10.5 Å². The van der Waals surface area contributed by atoms with Crippen LogP contribution in [-0.4, -0.2) is 46.1 Å². The molecule has 92 valence electrons. The number of likely N-dealkylation sites (tertiary alicyclic amines) is 1. The third kappa shape index (κ3) is 2.27. The maximum Gasteiger partial charge on any atom is 0.326 e. The van der Waals surface area contributed by atoms with E-state index in [0.29, 0.717) is 19.4 Å². The number of nitrogens with zero attached hydrogens (tertiary/aromatic N) is 2. The Morgan fingerprint density at radius 2 is 2.18 bits per heavy atom. The molecule has 0 saturated carbocycles. The molecular weight excluding hydrogens is 226 g/mol. The Balaban J connectivity index is 2.09. The fourth-order valence-electron chi connectivity index (χ4n) is 2.06. The first-order valence-electron chi connectivity index (χ1n) is 5.49. The van der Waals surface area contributed by atoms with Gasteiger partial charge in [-0.25, -0.2) is 10.2 Å². The first-order chi connectivity index (χ1) is 8.09. The summed E-state index contributed by atoms with van der Waals surface area (Å²) in [5.41, 5.74) is 2.47. The van der Waals surface area contributed by atoms with Crippen molar-refractivity contribution in [3.05, 3.63) is 0 Å². The van der Waals surface area contributed by atoms with Gasteiger partial charge >= 0.3 is 5.97 Å². The van der Waals surface area contributed by atoms with Crippen LogP contribution in [0.5, 0.6) is 0 Å². The van der Waals surface area contributed by atoms with E-state index in [1.165, 1.54) is 4.90 Å². The number of amides is 2. The van der Waals surface area contributed by atoms with Crippen molar-refractivity contribution < 1.29 is 19.5 Å². The molecule has 0 aromatic rings. The van der Waals surface area contributed by atoms with Crippen LogP contribution in [0.4, 0.5) is 0 Å². The summed E-state index contributed by atoms with van der Waals surface area (Å²) in [5.74, 6) is -1.59. The molecule has 2 amide bonds. The summed E-state index contributed by atoms with van der Waals surface area (Å²) in [7, 11) is 0. The van der Waals surface area contributed by atoms with E-state index >= 15 is 0 Å². The number of rotatable bonds is 2. The molecule has 1 saturated heterocycles. The molecular formula is C10H13N3O4. The van der Waals surface area contributed by atoms with Crippen LogP contribution >= 0.6 is 0 Å². The SMILES string of the molecule is O=C1CCC(C(=O)N2CCC[C@H]2C(=O)O)=NN1. The molecule has 0 aromatic carbocycles. The highest BCUT2D eigenvalue weighted by molar-refractivity contribution is 6.39. The first kappa shape index (κ1) is 11.6. The molecule has 2 aliphatic rings. The van der Waals surface area contributed by atoms with Gasteiger partial charge in [0.25, 0.3) is 5.91 Å². The zero-order valence-corrected chi connectivity index (χ0v) is 9.18. The fraction of sp³-hybridized carbons (Fsp3) is 0.600. The molecule has 7 nitrogen and oxygen atoms in total. The number of carbonyl (C=O) groups excluding carboxylic acids is 2. The summed E-state index contributed by atoms with van der Waals surface area (Å²) in [6.07, 6.45) is 1.65. The molecule has 0 spiro atoms. The lowest BCUT2D eigenvalue weighted by Gasteiger charge is -2.23. The van der Waals surface area contributed by atoms with Crippen LogP contribution < -0.4 is 5.43 Å². The van der Waals surface area contributed by atoms with Crippen molar-refractivity contribution in [2.24, 2.45) is 5.10 Å². The van der Waals surface area contributed by atoms with E-state index < -0.39 is 12.0 Å². The summed E-state index contributed by atoms with van der Waals surface area (Å²) in [6, 6.07) is -0.761. The zero-order chi connectivity index (χ0) is 12.4. The minimum Gasteiger partial charge on any atom is -0.480 e. The van der Waals surface area contributed by atoms with Gasteiger partial charge in [0, 0.05) is 19.4 Å². The monoisotopic (exact) mass is 239 g/mol. The number of carboxylic acid groups (broad SMARTS) is 1. The smallest absolute Gasteiger partial charge is 0.326 e. The molecule has 2 aliphatic heterocycles. The van der Waals surface area contributed by atoms with Crippen LogP contribution in [-0.2, 0) is 14.4 Å². The fourth-order valence-corrected chi connectivity index (χ4v) is 2.06. The quantitative estimate of drug-likeness (QED) is 0.667. The average molecular weight is 239 g/mol. The van der Waals surface area contributed by atoms with Crippen molar-refractivity contribution >= 4 is 23.5 Å². The molecule has 17 heavy (non-hydrogen) atoms. The summed E-state index contributed by atoms with van der Waals surface area (Å²) in [6.45, 7) is 0.433. The van der Waals surface area contributed by atoms with E-state index in [9.17, 15) is 14.4 Å². The Kier molecular flexibility index (Phi) is 3.08. The Hall–Kier alpha value is -1.92. The van der Waals surface area contributed by atoms with Gasteiger partial charge in [0.2, 0.25) is 5.91 Å². The topological polar surface area (TPSA) is 99.1 Å². The minimum atomic E-state index is -0.990. The number of carbonyl (C=O) groups is 3. The molecule has 2 rings (SSSR count). The van der Waals surface area contributed by atoms with Gasteiger partial charge in [0.1, 0.15) is 11.8 Å². The maximum atomic E-state index is 12.0. The molecule has 0 aromatic heterocycles. The molecule has 0 unspecified atom stereocenters. The molecule has 0 bridgehead atoms. The van der Waals surface area contributed by atoms with Crippen LogP contribution in [0, 0.1) is 0 Å². The highest BCUT2D eigenvalue weighted by Crippen LogP contribution is 2.19. The zero-order valence-electron chi connectivity index (χ0n) is 9.18. The summed E-state index contributed by atoms with van der Waals surface area (Å²) >= 11 is 0. The van der Waals surface area contributed by atoms with Crippen molar-refractivity contribution in [1.29, 1.82) is 0 Å². The second kappa shape index (κ2) is 4.52. The molecule has 1 fully saturated rings. The Morgan fingerprint density at radius 1 is 1.41 bits per heavy atom. The highest BCUT2D eigenvalue weighted by Gasteiger charge is 2.36. The van der Waals surface area contributed by atoms with Crippen molar-refractivity contribution in [2.45, 2.75) is 31.7 Å². The van der Waals surface area contributed by atoms with Crippen LogP contribution in [0.1, 0.15) is 25.7 Å². The third-order valence-electron chi connectivity index (χ3n) is 2.95. The Labute approximate surface area is 97.5 Å². The molecule has 0 aliphatic carbocycles. The third-order valence-corrected chi connectivity index (χ3v) is 2.95. The van der Waals surface area contributed by atoms with Crippen LogP contribution in [0.15, 0.2) is 5.10 Å². The lowest BCUT2D eigenvalue weighted by Crippen LogP contribution is -2.45. The first-order valence-corrected chi connectivity index (χ1v) is 5.49. The normalized spacial score (nSPS) is 24.2. The second-order valence-electron chi connectivity index (χ2n) is 4.09. The van der Waals surface area contributed by atoms with E-state index in [0.717, 1.165) is 0 Å². The van der Waals surface area contributed by atoms with Gasteiger partial charge in [-0.1, -0.05) is 0 Å². The molecule has 1 atom stereocenters. The van der Waals surface area contributed by atoms with Gasteiger partial charge in [-0.05, 0) is 12.8 Å². The van der Waals surface area contributed by atoms with Gasteiger partial charge in [-0.15, -0.1) is 0 Å². The van der Waals surface area contributed by atoms with Crippen LogP contribution in [0.2, 0.25) is 0 Å². The van der Waals surface area contributed by atoms with E-state index in [4.69, 9.17) is 5.11 Å². The van der Waals surface area contributed by atoms with E-state index in [1.54, 1.807) is 0 Å². The predicted octanol–water partition coefficient (Wildman–Crippen LogP) is -0.672. The Morgan fingerprint density at radius 3 is 2.76 bits per heavy atom. The maximum absolute atomic E-state index is 12.0. The highest BCUT2D eigenvalue weighted by atomic mass is 16.4. The number of nitrogens with one attached hydrogen (secondary N) is 1. The minimum absolute atomic E-state index is 0.218. The number of aliphatic carboxylic acids is 1. The summed E-state index contributed by atoms with van der Waals surface area (Å²) in [4.78, 5) is 35.2. The lowest BCUT2D eigenvalue weighted by molar-refractivity contribution is -0.146. The number of hydrazone groups is 1. The van der Waals surface area contributed by atoms with Crippen molar-refractivity contribution in [3.8, 4) is 0 Å². The molecule has 2 heterocycles. The molecule has 7 heteroatoms. The average Bonchev–Trinajstić information content (AvgIpc) is 2.78. The standard InChI is InChI=1S/C10H13N3O4/c14-8-4-3-6(11-12-8)9(15)13-5-1-2-7(13)10(16)17/h7H,1-5H2,(H,12,14)(H,16,17)/t7-/m0/s1. The Bertz CT molecular complexity index is 404. The number of carboxylic acids is 1. The van der Waals surface area contributed by atoms with E-state index in [1.807, 2.05) is 0 Å². The van der Waals surface area contributed by atoms with Crippen molar-refractivity contribution in [3.63, 3.8) is 0 Å².